The highest BCUT2D eigenvalue weighted by Gasteiger charge is 2.06. The quantitative estimate of drug-likeness (QED) is 0.370. The Balaban J connectivity index is 2.47. The zero-order chi connectivity index (χ0) is 13.9. The van der Waals surface area contributed by atoms with Gasteiger partial charge in [0.15, 0.2) is 0 Å². The highest BCUT2D eigenvalue weighted by atomic mass is 16.7. The Labute approximate surface area is 113 Å². The maximum atomic E-state index is 10.4. The third-order valence-corrected chi connectivity index (χ3v) is 2.40. The van der Waals surface area contributed by atoms with E-state index in [1.54, 1.807) is 36.4 Å². The molecule has 0 aliphatic carbocycles. The predicted octanol–water partition coefficient (Wildman–Crippen LogP) is 2.51. The Kier molecular flexibility index (Phi) is 7.72. The van der Waals surface area contributed by atoms with Gasteiger partial charge in [0.05, 0.1) is 38.7 Å². The van der Waals surface area contributed by atoms with Crippen LogP contribution in [0.4, 0.5) is 11.4 Å². The standard InChI is InChI=1S/C13H20N2O4/c1-3-19-15(8-9-18-11-10-17-2)13-6-4-12(14-16)5-7-13/h4-7H,3,8-11H2,1-2H3. The third-order valence-electron chi connectivity index (χ3n) is 2.40. The average molecular weight is 268 g/mol. The number of methoxy groups -OCH3 is 1. The van der Waals surface area contributed by atoms with Gasteiger partial charge in [-0.15, -0.1) is 4.91 Å². The van der Waals surface area contributed by atoms with Crippen LogP contribution < -0.4 is 5.06 Å². The van der Waals surface area contributed by atoms with E-state index >= 15 is 0 Å². The van der Waals surface area contributed by atoms with Gasteiger partial charge in [0.2, 0.25) is 0 Å². The number of benzene rings is 1. The predicted molar refractivity (Wildman–Crippen MR) is 73.6 cm³/mol. The summed E-state index contributed by atoms with van der Waals surface area (Å²) < 4.78 is 10.3. The van der Waals surface area contributed by atoms with Crippen LogP contribution >= 0.6 is 0 Å². The van der Waals surface area contributed by atoms with E-state index in [1.165, 1.54) is 0 Å². The molecule has 6 heteroatoms. The molecule has 0 aliphatic rings. The van der Waals surface area contributed by atoms with Gasteiger partial charge in [-0.2, -0.15) is 0 Å². The Bertz CT molecular complexity index is 356. The lowest BCUT2D eigenvalue weighted by atomic mass is 10.3. The molecule has 0 fully saturated rings. The summed E-state index contributed by atoms with van der Waals surface area (Å²) in [6.45, 7) is 4.76. The Hall–Kier alpha value is -1.50. The van der Waals surface area contributed by atoms with Crippen LogP contribution in [0.25, 0.3) is 0 Å². The van der Waals surface area contributed by atoms with Crippen molar-refractivity contribution in [1.82, 2.24) is 0 Å². The molecule has 0 spiro atoms. The number of hydrogen-bond donors (Lipinski definition) is 0. The summed E-state index contributed by atoms with van der Waals surface area (Å²) in [5.41, 5.74) is 1.26. The minimum absolute atomic E-state index is 0.400. The Morgan fingerprint density at radius 2 is 1.89 bits per heavy atom. The molecule has 0 aromatic heterocycles. The molecular formula is C13H20N2O4. The second-order valence-corrected chi connectivity index (χ2v) is 3.73. The maximum Gasteiger partial charge on any atom is 0.108 e. The van der Waals surface area contributed by atoms with Crippen molar-refractivity contribution in [2.24, 2.45) is 5.18 Å². The van der Waals surface area contributed by atoms with E-state index in [4.69, 9.17) is 14.3 Å². The molecule has 0 heterocycles. The second-order valence-electron chi connectivity index (χ2n) is 3.73. The van der Waals surface area contributed by atoms with E-state index in [0.29, 0.717) is 38.7 Å². The Morgan fingerprint density at radius 3 is 2.47 bits per heavy atom. The molecular weight excluding hydrogens is 248 g/mol. The fourth-order valence-electron chi connectivity index (χ4n) is 1.50. The molecule has 0 saturated carbocycles. The van der Waals surface area contributed by atoms with E-state index in [9.17, 15) is 4.91 Å². The summed E-state index contributed by atoms with van der Waals surface area (Å²) in [6.07, 6.45) is 0. The number of hydroxylamine groups is 1. The van der Waals surface area contributed by atoms with Crippen molar-refractivity contribution < 1.29 is 14.3 Å². The van der Waals surface area contributed by atoms with Crippen LogP contribution in [0.15, 0.2) is 29.4 Å². The average Bonchev–Trinajstić information content (AvgIpc) is 2.46. The van der Waals surface area contributed by atoms with Gasteiger partial charge in [0, 0.05) is 7.11 Å². The van der Waals surface area contributed by atoms with Crippen molar-refractivity contribution in [2.45, 2.75) is 6.92 Å². The lowest BCUT2D eigenvalue weighted by Crippen LogP contribution is -2.28. The van der Waals surface area contributed by atoms with Crippen LogP contribution in [0.1, 0.15) is 6.92 Å². The molecule has 0 unspecified atom stereocenters. The van der Waals surface area contributed by atoms with Crippen LogP contribution in [-0.4, -0.2) is 40.1 Å². The SMILES string of the molecule is CCON(CCOCCOC)c1ccc(N=O)cc1. The van der Waals surface area contributed by atoms with Gasteiger partial charge >= 0.3 is 0 Å². The van der Waals surface area contributed by atoms with E-state index in [-0.39, 0.29) is 0 Å². The first kappa shape index (κ1) is 15.6. The van der Waals surface area contributed by atoms with Gasteiger partial charge in [-0.05, 0) is 36.4 Å². The van der Waals surface area contributed by atoms with Gasteiger partial charge in [0.25, 0.3) is 0 Å². The van der Waals surface area contributed by atoms with Crippen molar-refractivity contribution in [2.75, 3.05) is 45.1 Å². The number of hydrogen-bond acceptors (Lipinski definition) is 6. The van der Waals surface area contributed by atoms with Gasteiger partial charge in [-0.3, -0.25) is 9.90 Å². The highest BCUT2D eigenvalue weighted by Crippen LogP contribution is 2.19. The number of ether oxygens (including phenoxy) is 2. The molecule has 0 aliphatic heterocycles. The zero-order valence-corrected chi connectivity index (χ0v) is 11.4. The molecule has 0 saturated heterocycles. The van der Waals surface area contributed by atoms with Gasteiger partial charge in [-0.1, -0.05) is 0 Å². The van der Waals surface area contributed by atoms with Gasteiger partial charge in [-0.25, -0.2) is 0 Å². The van der Waals surface area contributed by atoms with Crippen molar-refractivity contribution in [3.63, 3.8) is 0 Å². The Morgan fingerprint density at radius 1 is 1.16 bits per heavy atom. The summed E-state index contributed by atoms with van der Waals surface area (Å²) >= 11 is 0. The first-order valence-corrected chi connectivity index (χ1v) is 6.22. The minimum atomic E-state index is 0.400. The third kappa shape index (κ3) is 5.78. The van der Waals surface area contributed by atoms with Crippen LogP contribution in [0.2, 0.25) is 0 Å². The zero-order valence-electron chi connectivity index (χ0n) is 11.4. The molecule has 0 amide bonds. The lowest BCUT2D eigenvalue weighted by molar-refractivity contribution is 0.0531. The first-order valence-electron chi connectivity index (χ1n) is 6.22. The van der Waals surface area contributed by atoms with E-state index in [2.05, 4.69) is 5.18 Å². The fourth-order valence-corrected chi connectivity index (χ4v) is 1.50. The topological polar surface area (TPSA) is 60.4 Å². The molecule has 0 atom stereocenters. The summed E-state index contributed by atoms with van der Waals surface area (Å²) in [4.78, 5) is 15.9. The van der Waals surface area contributed by atoms with E-state index < -0.39 is 0 Å². The molecule has 1 aromatic rings. The van der Waals surface area contributed by atoms with Crippen molar-refractivity contribution >= 4 is 11.4 Å². The number of rotatable bonds is 10. The van der Waals surface area contributed by atoms with Gasteiger partial charge in [0.1, 0.15) is 5.69 Å². The smallest absolute Gasteiger partial charge is 0.108 e. The highest BCUT2D eigenvalue weighted by molar-refractivity contribution is 5.51. The molecule has 6 nitrogen and oxygen atoms in total. The fraction of sp³-hybridized carbons (Fsp3) is 0.538. The van der Waals surface area contributed by atoms with Crippen LogP contribution in [0.5, 0.6) is 0 Å². The van der Waals surface area contributed by atoms with Crippen molar-refractivity contribution in [1.29, 1.82) is 0 Å². The summed E-state index contributed by atoms with van der Waals surface area (Å²) in [6, 6.07) is 6.89. The summed E-state index contributed by atoms with van der Waals surface area (Å²) in [5, 5.41) is 4.60. The molecule has 1 rings (SSSR count). The van der Waals surface area contributed by atoms with Crippen LogP contribution in [0, 0.1) is 4.91 Å². The number of nitroso groups, excluding NO2 is 1. The maximum absolute atomic E-state index is 10.4. The van der Waals surface area contributed by atoms with Crippen LogP contribution in [-0.2, 0) is 14.3 Å². The van der Waals surface area contributed by atoms with E-state index in [1.807, 2.05) is 6.92 Å². The van der Waals surface area contributed by atoms with Crippen molar-refractivity contribution in [3.8, 4) is 0 Å². The number of nitrogens with zero attached hydrogens (tertiary/aromatic N) is 2. The monoisotopic (exact) mass is 268 g/mol. The molecule has 0 bridgehead atoms. The second kappa shape index (κ2) is 9.43. The summed E-state index contributed by atoms with van der Waals surface area (Å²) in [5.74, 6) is 0. The van der Waals surface area contributed by atoms with E-state index in [0.717, 1.165) is 5.69 Å². The largest absolute Gasteiger partial charge is 0.382 e. The first-order chi connectivity index (χ1) is 9.31. The van der Waals surface area contributed by atoms with Gasteiger partial charge < -0.3 is 9.47 Å². The van der Waals surface area contributed by atoms with Crippen LogP contribution in [0.3, 0.4) is 0 Å². The molecule has 0 N–H and O–H groups in total. The minimum Gasteiger partial charge on any atom is -0.382 e. The van der Waals surface area contributed by atoms with Crippen molar-refractivity contribution in [3.05, 3.63) is 29.2 Å². The molecule has 1 aromatic carbocycles. The summed E-state index contributed by atoms with van der Waals surface area (Å²) in [7, 11) is 1.64. The molecule has 106 valence electrons. The molecule has 19 heavy (non-hydrogen) atoms. The normalized spacial score (nSPS) is 10.4. The molecule has 0 radical (unpaired) electrons. The number of anilines is 1. The lowest BCUT2D eigenvalue weighted by Gasteiger charge is -2.23.